The van der Waals surface area contributed by atoms with Crippen molar-refractivity contribution in [2.24, 2.45) is 0 Å². The van der Waals surface area contributed by atoms with E-state index in [9.17, 15) is 18.4 Å². The summed E-state index contributed by atoms with van der Waals surface area (Å²) in [7, 11) is 0. The van der Waals surface area contributed by atoms with E-state index in [1.165, 1.54) is 35.5 Å². The number of hydroxylamine groups is 1. The summed E-state index contributed by atoms with van der Waals surface area (Å²) >= 11 is 6.43. The van der Waals surface area contributed by atoms with Gasteiger partial charge in [0.15, 0.2) is 0 Å². The molecular formula is C19H10Br2F3N5O. The molecule has 4 rings (SSSR count). The van der Waals surface area contributed by atoms with E-state index in [-0.39, 0.29) is 16.8 Å². The van der Waals surface area contributed by atoms with Crippen molar-refractivity contribution < 1.29 is 18.0 Å². The molecule has 1 N–H and O–H groups in total. The van der Waals surface area contributed by atoms with E-state index in [4.69, 9.17) is 4.84 Å². The van der Waals surface area contributed by atoms with Gasteiger partial charge in [0, 0.05) is 20.1 Å². The van der Waals surface area contributed by atoms with Crippen molar-refractivity contribution >= 4 is 37.6 Å². The van der Waals surface area contributed by atoms with Crippen LogP contribution in [-0.4, -0.2) is 20.9 Å². The van der Waals surface area contributed by atoms with Crippen LogP contribution in [0.3, 0.4) is 0 Å². The van der Waals surface area contributed by atoms with E-state index in [1.807, 2.05) is 6.07 Å². The molecule has 6 nitrogen and oxygen atoms in total. The number of hydrogen-bond acceptors (Lipinski definition) is 5. The molecule has 0 radical (unpaired) electrons. The predicted octanol–water partition coefficient (Wildman–Crippen LogP) is 5.00. The molecule has 1 aliphatic heterocycles. The molecule has 1 aliphatic rings. The van der Waals surface area contributed by atoms with Crippen molar-refractivity contribution in [2.75, 3.05) is 0 Å². The van der Waals surface area contributed by atoms with Crippen molar-refractivity contribution in [3.05, 3.63) is 80.8 Å². The van der Waals surface area contributed by atoms with Crippen molar-refractivity contribution in [1.29, 1.82) is 5.26 Å². The average Bonchev–Trinajstić information content (AvgIpc) is 3.37. The summed E-state index contributed by atoms with van der Waals surface area (Å²) in [5, 5.41) is 13.5. The highest BCUT2D eigenvalue weighted by Gasteiger charge is 2.59. The fraction of sp³-hybridized carbons (Fsp3) is 0.105. The van der Waals surface area contributed by atoms with Gasteiger partial charge in [-0.1, -0.05) is 37.9 Å². The Morgan fingerprint density at radius 1 is 1.13 bits per heavy atom. The Morgan fingerprint density at radius 2 is 1.87 bits per heavy atom. The lowest BCUT2D eigenvalue weighted by atomic mass is 9.91. The van der Waals surface area contributed by atoms with E-state index in [2.05, 4.69) is 47.4 Å². The zero-order valence-corrected chi connectivity index (χ0v) is 18.0. The lowest BCUT2D eigenvalue weighted by Crippen LogP contribution is -2.42. The maximum Gasteiger partial charge on any atom is 0.428 e. The molecule has 0 spiro atoms. The molecule has 30 heavy (non-hydrogen) atoms. The molecule has 1 unspecified atom stereocenters. The van der Waals surface area contributed by atoms with Gasteiger partial charge in [0.1, 0.15) is 18.7 Å². The van der Waals surface area contributed by atoms with E-state index in [0.29, 0.717) is 20.2 Å². The number of nitrogens with one attached hydrogen (secondary N) is 1. The maximum absolute atomic E-state index is 14.1. The first kappa shape index (κ1) is 20.6. The van der Waals surface area contributed by atoms with Crippen LogP contribution < -0.4 is 5.48 Å². The average molecular weight is 541 g/mol. The molecule has 0 saturated carbocycles. The van der Waals surface area contributed by atoms with E-state index in [0.717, 1.165) is 6.08 Å². The van der Waals surface area contributed by atoms with Gasteiger partial charge in [-0.25, -0.2) is 9.67 Å². The van der Waals surface area contributed by atoms with Gasteiger partial charge in [-0.05, 0) is 36.4 Å². The van der Waals surface area contributed by atoms with Crippen LogP contribution in [0.15, 0.2) is 64.1 Å². The molecule has 11 heteroatoms. The lowest BCUT2D eigenvalue weighted by Gasteiger charge is -2.28. The number of benzene rings is 2. The number of rotatable bonds is 3. The molecule has 152 valence electrons. The van der Waals surface area contributed by atoms with Crippen LogP contribution in [0.1, 0.15) is 16.7 Å². The molecule has 0 bridgehead atoms. The van der Waals surface area contributed by atoms with Gasteiger partial charge in [-0.2, -0.15) is 23.5 Å². The Hall–Kier alpha value is -2.68. The number of hydrogen-bond donors (Lipinski definition) is 1. The Kier molecular flexibility index (Phi) is 5.17. The number of nitriles is 1. The Bertz CT molecular complexity index is 1170. The third kappa shape index (κ3) is 3.51. The van der Waals surface area contributed by atoms with Gasteiger partial charge in [0.2, 0.25) is 5.60 Å². The summed E-state index contributed by atoms with van der Waals surface area (Å²) in [6.07, 6.45) is -1.04. The van der Waals surface area contributed by atoms with E-state index >= 15 is 0 Å². The van der Waals surface area contributed by atoms with Gasteiger partial charge >= 0.3 is 6.18 Å². The fourth-order valence-electron chi connectivity index (χ4n) is 3.08. The maximum atomic E-state index is 14.1. The van der Waals surface area contributed by atoms with Crippen molar-refractivity contribution in [1.82, 2.24) is 20.2 Å². The second-order valence-electron chi connectivity index (χ2n) is 6.34. The summed E-state index contributed by atoms with van der Waals surface area (Å²) in [6.45, 7) is 0. The first-order valence-electron chi connectivity index (χ1n) is 8.33. The predicted molar refractivity (Wildman–Crippen MR) is 108 cm³/mol. The zero-order chi connectivity index (χ0) is 21.5. The van der Waals surface area contributed by atoms with Gasteiger partial charge in [-0.15, -0.1) is 0 Å². The second kappa shape index (κ2) is 7.54. The zero-order valence-electron chi connectivity index (χ0n) is 14.8. The standard InChI is InChI=1S/C19H10Br2F3N5O/c20-14-4-13(5-15(21)6-14)18(19(22,23)24)7-16(28-30-18)11-1-2-17(12(3-11)8-25)29-10-26-9-27-29/h1-7,9-10,28H. The van der Waals surface area contributed by atoms with Gasteiger partial charge in [0.25, 0.3) is 0 Å². The van der Waals surface area contributed by atoms with Gasteiger partial charge in [-0.3, -0.25) is 10.3 Å². The van der Waals surface area contributed by atoms with Crippen LogP contribution in [0.5, 0.6) is 0 Å². The van der Waals surface area contributed by atoms with E-state index in [1.54, 1.807) is 18.2 Å². The molecular weight excluding hydrogens is 531 g/mol. The summed E-state index contributed by atoms with van der Waals surface area (Å²) in [5.74, 6) is 0. The molecule has 0 saturated heterocycles. The van der Waals surface area contributed by atoms with Crippen LogP contribution in [-0.2, 0) is 10.4 Å². The first-order valence-corrected chi connectivity index (χ1v) is 9.92. The Labute approximate surface area is 185 Å². The minimum absolute atomic E-state index is 0.0880. The van der Waals surface area contributed by atoms with E-state index < -0.39 is 11.8 Å². The third-order valence-electron chi connectivity index (χ3n) is 4.48. The fourth-order valence-corrected chi connectivity index (χ4v) is 4.37. The number of aromatic nitrogens is 3. The third-order valence-corrected chi connectivity index (χ3v) is 5.39. The summed E-state index contributed by atoms with van der Waals surface area (Å²) in [5.41, 5.74) is 0.683. The molecule has 0 amide bonds. The van der Waals surface area contributed by atoms with Crippen molar-refractivity contribution in [3.8, 4) is 11.8 Å². The topological polar surface area (TPSA) is 75.8 Å². The molecule has 1 aromatic heterocycles. The van der Waals surface area contributed by atoms with Crippen molar-refractivity contribution in [2.45, 2.75) is 11.8 Å². The minimum atomic E-state index is -4.75. The Balaban J connectivity index is 1.82. The highest BCUT2D eigenvalue weighted by atomic mass is 79.9. The highest BCUT2D eigenvalue weighted by Crippen LogP contribution is 2.48. The number of halogens is 5. The first-order chi connectivity index (χ1) is 14.2. The quantitative estimate of drug-likeness (QED) is 0.506. The van der Waals surface area contributed by atoms with Crippen LogP contribution in [0, 0.1) is 11.3 Å². The van der Waals surface area contributed by atoms with Crippen LogP contribution in [0.2, 0.25) is 0 Å². The molecule has 2 aromatic carbocycles. The van der Waals surface area contributed by atoms with Crippen LogP contribution in [0.4, 0.5) is 13.2 Å². The number of alkyl halides is 3. The van der Waals surface area contributed by atoms with Crippen LogP contribution >= 0.6 is 31.9 Å². The molecule has 0 fully saturated rings. The molecule has 2 heterocycles. The minimum Gasteiger partial charge on any atom is -0.265 e. The molecule has 1 atom stereocenters. The largest absolute Gasteiger partial charge is 0.428 e. The highest BCUT2D eigenvalue weighted by molar-refractivity contribution is 9.11. The number of nitrogens with zero attached hydrogens (tertiary/aromatic N) is 4. The summed E-state index contributed by atoms with van der Waals surface area (Å²) in [4.78, 5) is 8.96. The molecule has 0 aliphatic carbocycles. The Morgan fingerprint density at radius 3 is 2.47 bits per heavy atom. The molecule has 3 aromatic rings. The second-order valence-corrected chi connectivity index (χ2v) is 8.17. The normalized spacial score (nSPS) is 18.6. The van der Waals surface area contributed by atoms with Gasteiger partial charge < -0.3 is 0 Å². The monoisotopic (exact) mass is 539 g/mol. The summed E-state index contributed by atoms with van der Waals surface area (Å²) in [6, 6.07) is 10.9. The van der Waals surface area contributed by atoms with Crippen LogP contribution in [0.25, 0.3) is 11.4 Å². The SMILES string of the molecule is N#Cc1cc(C2=CC(c3cc(Br)cc(Br)c3)(C(F)(F)F)ON2)ccc1-n1cncn1. The lowest BCUT2D eigenvalue weighted by molar-refractivity contribution is -0.269. The van der Waals surface area contributed by atoms with Crippen molar-refractivity contribution in [3.63, 3.8) is 0 Å². The smallest absolute Gasteiger partial charge is 0.265 e. The summed E-state index contributed by atoms with van der Waals surface area (Å²) < 4.78 is 44.7. The van der Waals surface area contributed by atoms with Gasteiger partial charge in [0.05, 0.1) is 16.9 Å².